The molecule has 1 aromatic carbocycles. The zero-order chi connectivity index (χ0) is 10.1. The maximum atomic E-state index is 9.50. The van der Waals surface area contributed by atoms with E-state index in [9.17, 15) is 5.11 Å². The second-order valence-corrected chi connectivity index (χ2v) is 4.76. The molecule has 1 aliphatic carbocycles. The molecule has 1 saturated carbocycles. The monoisotopic (exact) mass is 255 g/mol. The van der Waals surface area contributed by atoms with Crippen LogP contribution in [0.1, 0.15) is 30.9 Å². The summed E-state index contributed by atoms with van der Waals surface area (Å²) in [5.41, 5.74) is 7.08. The SMILES string of the molecule is N[C@H](CC1CC1)c1cccc(O)c1Br. The highest BCUT2D eigenvalue weighted by atomic mass is 79.9. The Bertz CT molecular complexity index is 336. The Morgan fingerprint density at radius 3 is 2.86 bits per heavy atom. The van der Waals surface area contributed by atoms with Crippen molar-refractivity contribution in [2.45, 2.75) is 25.3 Å². The number of rotatable bonds is 3. The molecule has 3 N–H and O–H groups in total. The van der Waals surface area contributed by atoms with Crippen LogP contribution in [0.25, 0.3) is 0 Å². The lowest BCUT2D eigenvalue weighted by Crippen LogP contribution is -2.11. The molecule has 0 spiro atoms. The van der Waals surface area contributed by atoms with E-state index in [1.165, 1.54) is 12.8 Å². The number of nitrogens with two attached hydrogens (primary N) is 1. The highest BCUT2D eigenvalue weighted by Gasteiger charge is 2.25. The molecule has 3 heteroatoms. The second kappa shape index (κ2) is 3.91. The summed E-state index contributed by atoms with van der Waals surface area (Å²) in [6.45, 7) is 0. The van der Waals surface area contributed by atoms with E-state index >= 15 is 0 Å². The van der Waals surface area contributed by atoms with Gasteiger partial charge in [-0.1, -0.05) is 25.0 Å². The molecule has 0 unspecified atom stereocenters. The van der Waals surface area contributed by atoms with Gasteiger partial charge in [0.1, 0.15) is 5.75 Å². The van der Waals surface area contributed by atoms with Gasteiger partial charge in [-0.2, -0.15) is 0 Å². The molecule has 1 fully saturated rings. The largest absolute Gasteiger partial charge is 0.507 e. The molecule has 0 aliphatic heterocycles. The number of benzene rings is 1. The first-order valence-corrected chi connectivity index (χ1v) is 5.70. The minimum absolute atomic E-state index is 0.0453. The van der Waals surface area contributed by atoms with Gasteiger partial charge >= 0.3 is 0 Å². The van der Waals surface area contributed by atoms with Crippen molar-refractivity contribution < 1.29 is 5.11 Å². The van der Waals surface area contributed by atoms with Crippen molar-refractivity contribution in [2.24, 2.45) is 11.7 Å². The summed E-state index contributed by atoms with van der Waals surface area (Å²) in [6.07, 6.45) is 3.65. The molecular formula is C11H14BrNO. The summed E-state index contributed by atoms with van der Waals surface area (Å²) in [6, 6.07) is 5.51. The number of hydrogen-bond donors (Lipinski definition) is 2. The maximum absolute atomic E-state index is 9.50. The number of phenols is 1. The van der Waals surface area contributed by atoms with Gasteiger partial charge in [-0.25, -0.2) is 0 Å². The molecule has 1 atom stereocenters. The molecule has 2 nitrogen and oxygen atoms in total. The predicted molar refractivity (Wildman–Crippen MR) is 60.1 cm³/mol. The highest BCUT2D eigenvalue weighted by Crippen LogP contribution is 2.39. The van der Waals surface area contributed by atoms with Gasteiger partial charge in [-0.3, -0.25) is 0 Å². The Hall–Kier alpha value is -0.540. The van der Waals surface area contributed by atoms with Gasteiger partial charge in [0, 0.05) is 6.04 Å². The highest BCUT2D eigenvalue weighted by molar-refractivity contribution is 9.10. The van der Waals surface area contributed by atoms with Crippen LogP contribution in [0.5, 0.6) is 5.75 Å². The molecule has 0 bridgehead atoms. The van der Waals surface area contributed by atoms with Gasteiger partial charge in [-0.05, 0) is 39.9 Å². The Morgan fingerprint density at radius 1 is 1.50 bits per heavy atom. The average Bonchev–Trinajstić information content (AvgIpc) is 2.93. The lowest BCUT2D eigenvalue weighted by molar-refractivity contribution is 0.468. The van der Waals surface area contributed by atoms with Gasteiger partial charge in [0.2, 0.25) is 0 Å². The van der Waals surface area contributed by atoms with Crippen molar-refractivity contribution in [2.75, 3.05) is 0 Å². The predicted octanol–water partition coefficient (Wildman–Crippen LogP) is 2.95. The Balaban J connectivity index is 2.16. The summed E-state index contributed by atoms with van der Waals surface area (Å²) in [7, 11) is 0. The minimum atomic E-state index is 0.0453. The molecule has 0 saturated heterocycles. The van der Waals surface area contributed by atoms with Crippen LogP contribution in [0.2, 0.25) is 0 Å². The summed E-state index contributed by atoms with van der Waals surface area (Å²) in [5.74, 6) is 1.08. The van der Waals surface area contributed by atoms with Crippen molar-refractivity contribution in [3.63, 3.8) is 0 Å². The van der Waals surface area contributed by atoms with Gasteiger partial charge in [0.25, 0.3) is 0 Å². The number of phenolic OH excluding ortho intramolecular Hbond substituents is 1. The topological polar surface area (TPSA) is 46.2 Å². The standard InChI is InChI=1S/C11H14BrNO/c12-11-8(2-1-3-10(11)14)9(13)6-7-4-5-7/h1-3,7,9,14H,4-6,13H2/t9-/m1/s1. The average molecular weight is 256 g/mol. The van der Waals surface area contributed by atoms with Crippen LogP contribution in [0.3, 0.4) is 0 Å². The minimum Gasteiger partial charge on any atom is -0.507 e. The van der Waals surface area contributed by atoms with Crippen LogP contribution < -0.4 is 5.73 Å². The van der Waals surface area contributed by atoms with Crippen LogP contribution in [0.15, 0.2) is 22.7 Å². The van der Waals surface area contributed by atoms with Crippen molar-refractivity contribution >= 4 is 15.9 Å². The van der Waals surface area contributed by atoms with E-state index in [-0.39, 0.29) is 11.8 Å². The third-order valence-electron chi connectivity index (χ3n) is 2.69. The first kappa shape index (κ1) is 9.99. The fourth-order valence-corrected chi connectivity index (χ4v) is 2.22. The van der Waals surface area contributed by atoms with Crippen LogP contribution in [0.4, 0.5) is 0 Å². The number of halogens is 1. The van der Waals surface area contributed by atoms with E-state index in [0.29, 0.717) is 0 Å². The van der Waals surface area contributed by atoms with Gasteiger partial charge < -0.3 is 10.8 Å². The number of aromatic hydroxyl groups is 1. The van der Waals surface area contributed by atoms with Crippen molar-refractivity contribution in [1.29, 1.82) is 0 Å². The third-order valence-corrected chi connectivity index (χ3v) is 3.56. The first-order valence-electron chi connectivity index (χ1n) is 4.91. The van der Waals surface area contributed by atoms with Crippen molar-refractivity contribution in [3.05, 3.63) is 28.2 Å². The molecule has 0 heterocycles. The quantitative estimate of drug-likeness (QED) is 0.873. The van der Waals surface area contributed by atoms with Crippen LogP contribution in [-0.2, 0) is 0 Å². The fraction of sp³-hybridized carbons (Fsp3) is 0.455. The molecular weight excluding hydrogens is 242 g/mol. The molecule has 14 heavy (non-hydrogen) atoms. The Morgan fingerprint density at radius 2 is 2.21 bits per heavy atom. The normalized spacial score (nSPS) is 18.1. The smallest absolute Gasteiger partial charge is 0.130 e. The molecule has 0 aromatic heterocycles. The van der Waals surface area contributed by atoms with Crippen LogP contribution in [-0.4, -0.2) is 5.11 Å². The summed E-state index contributed by atoms with van der Waals surface area (Å²) in [4.78, 5) is 0. The van der Waals surface area contributed by atoms with E-state index < -0.39 is 0 Å². The fourth-order valence-electron chi connectivity index (χ4n) is 1.66. The second-order valence-electron chi connectivity index (χ2n) is 3.97. The molecule has 0 amide bonds. The van der Waals surface area contributed by atoms with E-state index in [0.717, 1.165) is 22.4 Å². The molecule has 1 aliphatic rings. The van der Waals surface area contributed by atoms with Crippen LogP contribution >= 0.6 is 15.9 Å². The third kappa shape index (κ3) is 2.10. The lowest BCUT2D eigenvalue weighted by Gasteiger charge is -2.13. The maximum Gasteiger partial charge on any atom is 0.130 e. The first-order chi connectivity index (χ1) is 6.68. The van der Waals surface area contributed by atoms with Gasteiger partial charge in [0.05, 0.1) is 4.47 Å². The Labute approximate surface area is 92.3 Å². The Kier molecular flexibility index (Phi) is 2.79. The molecule has 76 valence electrons. The zero-order valence-corrected chi connectivity index (χ0v) is 9.50. The molecule has 2 rings (SSSR count). The molecule has 1 aromatic rings. The summed E-state index contributed by atoms with van der Waals surface area (Å²) < 4.78 is 0.744. The van der Waals surface area contributed by atoms with Crippen molar-refractivity contribution in [1.82, 2.24) is 0 Å². The number of hydrogen-bond acceptors (Lipinski definition) is 2. The van der Waals surface area contributed by atoms with Crippen molar-refractivity contribution in [3.8, 4) is 5.75 Å². The van der Waals surface area contributed by atoms with E-state index in [1.807, 2.05) is 12.1 Å². The van der Waals surface area contributed by atoms with E-state index in [4.69, 9.17) is 5.73 Å². The van der Waals surface area contributed by atoms with Gasteiger partial charge in [-0.15, -0.1) is 0 Å². The van der Waals surface area contributed by atoms with Gasteiger partial charge in [0.15, 0.2) is 0 Å². The molecule has 0 radical (unpaired) electrons. The summed E-state index contributed by atoms with van der Waals surface area (Å²) >= 11 is 3.36. The van der Waals surface area contributed by atoms with E-state index in [1.54, 1.807) is 6.07 Å². The lowest BCUT2D eigenvalue weighted by atomic mass is 10.0. The summed E-state index contributed by atoms with van der Waals surface area (Å²) in [5, 5.41) is 9.50. The van der Waals surface area contributed by atoms with E-state index in [2.05, 4.69) is 15.9 Å². The van der Waals surface area contributed by atoms with Crippen LogP contribution in [0, 0.1) is 5.92 Å². The zero-order valence-electron chi connectivity index (χ0n) is 7.91.